The monoisotopic (exact) mass is 206 g/mol. The van der Waals surface area contributed by atoms with Crippen molar-refractivity contribution in [1.29, 1.82) is 0 Å². The Kier molecular flexibility index (Phi) is 2.99. The van der Waals surface area contributed by atoms with Gasteiger partial charge in [-0.1, -0.05) is 6.42 Å². The fourth-order valence-corrected chi connectivity index (χ4v) is 4.03. The van der Waals surface area contributed by atoms with Crippen LogP contribution in [0, 0.1) is 0 Å². The van der Waals surface area contributed by atoms with Crippen LogP contribution >= 0.6 is 0 Å². The molecule has 0 spiro atoms. The molecule has 3 N–H and O–H groups in total. The van der Waals surface area contributed by atoms with Crippen molar-refractivity contribution >= 4 is 9.84 Å². The second-order valence-corrected chi connectivity index (χ2v) is 6.05. The Morgan fingerprint density at radius 1 is 1.62 bits per heavy atom. The summed E-state index contributed by atoms with van der Waals surface area (Å²) in [6, 6.07) is 0. The van der Waals surface area contributed by atoms with Crippen molar-refractivity contribution in [3.63, 3.8) is 0 Å². The molecule has 4 nitrogen and oxygen atoms in total. The third kappa shape index (κ3) is 1.87. The molecule has 0 saturated heterocycles. The Balaban J connectivity index is 2.98. The first-order valence-electron chi connectivity index (χ1n) is 4.54. The summed E-state index contributed by atoms with van der Waals surface area (Å²) in [5.41, 5.74) is 5.26. The van der Waals surface area contributed by atoms with Crippen molar-refractivity contribution in [2.24, 2.45) is 5.73 Å². The maximum absolute atomic E-state index is 11.5. The smallest absolute Gasteiger partial charge is 0.152 e. The van der Waals surface area contributed by atoms with E-state index in [1.165, 1.54) is 6.26 Å². The van der Waals surface area contributed by atoms with E-state index in [1.807, 2.05) is 0 Å². The highest BCUT2D eigenvalue weighted by Gasteiger charge is 2.45. The highest BCUT2D eigenvalue weighted by molar-refractivity contribution is 7.91. The summed E-state index contributed by atoms with van der Waals surface area (Å²) in [5.74, 6) is 0. The van der Waals surface area contributed by atoms with Crippen molar-refractivity contribution in [2.75, 3.05) is 19.8 Å². The summed E-state index contributed by atoms with van der Waals surface area (Å²) in [4.78, 5) is 0. The third-order valence-electron chi connectivity index (χ3n) is 3.08. The summed E-state index contributed by atoms with van der Waals surface area (Å²) in [7, 11) is -1.19. The van der Waals surface area contributed by atoms with Gasteiger partial charge >= 0.3 is 0 Å². The van der Waals surface area contributed by atoms with Crippen LogP contribution in [0.15, 0.2) is 0 Å². The average Bonchev–Trinajstić information content (AvgIpc) is 2.47. The minimum absolute atomic E-state index is 0.310. The van der Waals surface area contributed by atoms with E-state index in [0.29, 0.717) is 6.54 Å². The molecule has 0 aromatic carbocycles. The van der Waals surface area contributed by atoms with Crippen LogP contribution in [-0.2, 0) is 9.84 Å². The number of likely N-dealkylation sites (N-methyl/N-ethyl adjacent to an activating group) is 1. The summed E-state index contributed by atoms with van der Waals surface area (Å²) >= 11 is 0. The Labute approximate surface area is 79.8 Å². The lowest BCUT2D eigenvalue weighted by Gasteiger charge is -2.32. The zero-order valence-corrected chi connectivity index (χ0v) is 9.02. The number of nitrogens with one attached hydrogen (secondary N) is 1. The number of sulfone groups is 1. The minimum atomic E-state index is -2.98. The van der Waals surface area contributed by atoms with E-state index >= 15 is 0 Å². The highest BCUT2D eigenvalue weighted by Crippen LogP contribution is 2.33. The van der Waals surface area contributed by atoms with Crippen molar-refractivity contribution < 1.29 is 8.42 Å². The van der Waals surface area contributed by atoms with Crippen molar-refractivity contribution in [1.82, 2.24) is 5.32 Å². The number of hydrogen-bond donors (Lipinski definition) is 2. The maximum Gasteiger partial charge on any atom is 0.152 e. The molecule has 0 radical (unpaired) electrons. The second-order valence-electron chi connectivity index (χ2n) is 3.82. The lowest BCUT2D eigenvalue weighted by Crippen LogP contribution is -2.57. The van der Waals surface area contributed by atoms with Crippen molar-refractivity contribution in [3.8, 4) is 0 Å². The largest absolute Gasteiger partial charge is 0.329 e. The standard InChI is InChI=1S/C8H18N2O2S/c1-10-8(6-9)5-3-4-7(8)13(2,11)12/h7,10H,3-6,9H2,1-2H3. The predicted octanol–water partition coefficient (Wildman–Crippen LogP) is -0.500. The molecule has 13 heavy (non-hydrogen) atoms. The molecular weight excluding hydrogens is 188 g/mol. The van der Waals surface area contributed by atoms with Crippen LogP contribution < -0.4 is 11.1 Å². The van der Waals surface area contributed by atoms with Gasteiger partial charge in [0.2, 0.25) is 0 Å². The van der Waals surface area contributed by atoms with Gasteiger partial charge < -0.3 is 11.1 Å². The van der Waals surface area contributed by atoms with E-state index in [4.69, 9.17) is 5.73 Å². The van der Waals surface area contributed by atoms with Crippen LogP contribution in [0.1, 0.15) is 19.3 Å². The molecule has 1 rings (SSSR count). The van der Waals surface area contributed by atoms with Gasteiger partial charge in [-0.15, -0.1) is 0 Å². The van der Waals surface area contributed by atoms with Crippen molar-refractivity contribution in [2.45, 2.75) is 30.1 Å². The van der Waals surface area contributed by atoms with E-state index in [9.17, 15) is 8.42 Å². The van der Waals surface area contributed by atoms with Gasteiger partial charge in [0, 0.05) is 18.3 Å². The molecule has 1 fully saturated rings. The second kappa shape index (κ2) is 3.55. The normalized spacial score (nSPS) is 35.2. The van der Waals surface area contributed by atoms with Crippen LogP contribution in [0.5, 0.6) is 0 Å². The van der Waals surface area contributed by atoms with Crippen LogP contribution in [0.2, 0.25) is 0 Å². The van der Waals surface area contributed by atoms with Crippen LogP contribution in [0.3, 0.4) is 0 Å². The number of nitrogens with two attached hydrogens (primary N) is 1. The van der Waals surface area contributed by atoms with Gasteiger partial charge in [0.1, 0.15) is 0 Å². The molecule has 0 aromatic heterocycles. The summed E-state index contributed by atoms with van der Waals surface area (Å²) in [6.45, 7) is 0.390. The van der Waals surface area contributed by atoms with Gasteiger partial charge in [0.05, 0.1) is 5.25 Å². The topological polar surface area (TPSA) is 72.2 Å². The molecule has 78 valence electrons. The lowest BCUT2D eigenvalue weighted by molar-refractivity contribution is 0.368. The Morgan fingerprint density at radius 3 is 2.54 bits per heavy atom. The number of rotatable bonds is 3. The molecule has 0 aliphatic heterocycles. The van der Waals surface area contributed by atoms with Gasteiger partial charge in [-0.25, -0.2) is 8.42 Å². The molecule has 1 aliphatic rings. The summed E-state index contributed by atoms with van der Waals surface area (Å²) in [5, 5.41) is 2.77. The van der Waals surface area contributed by atoms with Gasteiger partial charge in [-0.3, -0.25) is 0 Å². The fraction of sp³-hybridized carbons (Fsp3) is 1.00. The first-order valence-corrected chi connectivity index (χ1v) is 6.49. The molecule has 0 aromatic rings. The quantitative estimate of drug-likeness (QED) is 0.653. The van der Waals surface area contributed by atoms with E-state index in [-0.39, 0.29) is 10.8 Å². The molecule has 1 saturated carbocycles. The Bertz CT molecular complexity index is 270. The zero-order chi connectivity index (χ0) is 10.1. The maximum atomic E-state index is 11.5. The van der Waals surface area contributed by atoms with E-state index in [0.717, 1.165) is 19.3 Å². The Hall–Kier alpha value is -0.130. The van der Waals surface area contributed by atoms with Gasteiger partial charge in [0.15, 0.2) is 9.84 Å². The molecule has 2 atom stereocenters. The fourth-order valence-electron chi connectivity index (χ4n) is 2.29. The predicted molar refractivity (Wildman–Crippen MR) is 53.3 cm³/mol. The van der Waals surface area contributed by atoms with Crippen LogP contribution in [0.25, 0.3) is 0 Å². The minimum Gasteiger partial charge on any atom is -0.329 e. The molecule has 1 aliphatic carbocycles. The third-order valence-corrected chi connectivity index (χ3v) is 4.81. The molecular formula is C8H18N2O2S. The molecule has 0 amide bonds. The zero-order valence-electron chi connectivity index (χ0n) is 8.21. The van der Waals surface area contributed by atoms with Gasteiger partial charge in [-0.2, -0.15) is 0 Å². The molecule has 5 heteroatoms. The first kappa shape index (κ1) is 10.9. The molecule has 0 bridgehead atoms. The van der Waals surface area contributed by atoms with Crippen molar-refractivity contribution in [3.05, 3.63) is 0 Å². The summed E-state index contributed by atoms with van der Waals surface area (Å²) < 4.78 is 22.9. The van der Waals surface area contributed by atoms with E-state index < -0.39 is 9.84 Å². The van der Waals surface area contributed by atoms with E-state index in [1.54, 1.807) is 7.05 Å². The number of hydrogen-bond acceptors (Lipinski definition) is 4. The van der Waals surface area contributed by atoms with Crippen LogP contribution in [-0.4, -0.2) is 39.1 Å². The van der Waals surface area contributed by atoms with E-state index in [2.05, 4.69) is 5.32 Å². The Morgan fingerprint density at radius 2 is 2.23 bits per heavy atom. The average molecular weight is 206 g/mol. The molecule has 2 unspecified atom stereocenters. The van der Waals surface area contributed by atoms with Gasteiger partial charge in [0.25, 0.3) is 0 Å². The SMILES string of the molecule is CNC1(CN)CCCC1S(C)(=O)=O. The highest BCUT2D eigenvalue weighted by atomic mass is 32.2. The van der Waals surface area contributed by atoms with Crippen LogP contribution in [0.4, 0.5) is 0 Å². The first-order chi connectivity index (χ1) is 5.96. The van der Waals surface area contributed by atoms with Gasteiger partial charge in [-0.05, 0) is 19.9 Å². The molecule has 0 heterocycles. The lowest BCUT2D eigenvalue weighted by atomic mass is 9.98. The summed E-state index contributed by atoms with van der Waals surface area (Å²) in [6.07, 6.45) is 3.83.